The van der Waals surface area contributed by atoms with Gasteiger partial charge in [0, 0.05) is 19.1 Å². The predicted octanol–water partition coefficient (Wildman–Crippen LogP) is 0.994. The molecule has 19 heavy (non-hydrogen) atoms. The first-order valence-electron chi connectivity index (χ1n) is 7.81. The fraction of sp³-hybridized carbons (Fsp3) is 0.933. The molecule has 2 saturated carbocycles. The van der Waals surface area contributed by atoms with E-state index in [4.69, 9.17) is 0 Å². The van der Waals surface area contributed by atoms with Gasteiger partial charge in [-0.05, 0) is 50.4 Å². The zero-order valence-electron chi connectivity index (χ0n) is 11.8. The van der Waals surface area contributed by atoms with Gasteiger partial charge in [-0.2, -0.15) is 0 Å². The van der Waals surface area contributed by atoms with Gasteiger partial charge in [-0.3, -0.25) is 9.69 Å². The van der Waals surface area contributed by atoms with Gasteiger partial charge in [0.2, 0.25) is 5.91 Å². The molecule has 1 heterocycles. The van der Waals surface area contributed by atoms with Crippen LogP contribution in [0.15, 0.2) is 0 Å². The van der Waals surface area contributed by atoms with Gasteiger partial charge in [0.05, 0.1) is 12.6 Å². The number of carbonyl (C=O) groups excluding carboxylic acids is 1. The van der Waals surface area contributed by atoms with Crippen LogP contribution < -0.4 is 5.32 Å². The monoisotopic (exact) mass is 266 g/mol. The second-order valence-electron chi connectivity index (χ2n) is 6.87. The van der Waals surface area contributed by atoms with E-state index < -0.39 is 0 Å². The summed E-state index contributed by atoms with van der Waals surface area (Å²) in [6.07, 6.45) is 6.05. The third kappa shape index (κ3) is 2.95. The lowest BCUT2D eigenvalue weighted by atomic mass is 9.84. The second kappa shape index (κ2) is 5.41. The van der Waals surface area contributed by atoms with Crippen LogP contribution in [-0.4, -0.2) is 47.7 Å². The topological polar surface area (TPSA) is 52.6 Å². The van der Waals surface area contributed by atoms with Gasteiger partial charge in [-0.1, -0.05) is 6.42 Å². The largest absolute Gasteiger partial charge is 0.392 e. The number of aliphatic hydroxyl groups excluding tert-OH is 1. The van der Waals surface area contributed by atoms with Crippen molar-refractivity contribution < 1.29 is 9.90 Å². The first kappa shape index (κ1) is 13.4. The Morgan fingerprint density at radius 1 is 1.37 bits per heavy atom. The molecular weight excluding hydrogens is 240 g/mol. The molecule has 3 rings (SSSR count). The van der Waals surface area contributed by atoms with E-state index in [0.717, 1.165) is 24.8 Å². The van der Waals surface area contributed by atoms with E-state index in [1.54, 1.807) is 0 Å². The molecule has 2 bridgehead atoms. The molecule has 0 radical (unpaired) electrons. The lowest BCUT2D eigenvalue weighted by molar-refractivity contribution is -0.123. The van der Waals surface area contributed by atoms with E-state index in [-0.39, 0.29) is 12.0 Å². The summed E-state index contributed by atoms with van der Waals surface area (Å²) in [5.41, 5.74) is 0. The van der Waals surface area contributed by atoms with Crippen LogP contribution in [0, 0.1) is 17.8 Å². The third-order valence-corrected chi connectivity index (χ3v) is 5.44. The standard InChI is InChI=1S/C15H26N2O2/c1-10(14-7-11-2-3-12(14)6-11)16-15(19)9-17-5-4-13(18)8-17/h10-14,18H,2-9H2,1H3,(H,16,19)/t10?,11?,12?,13-,14?/m1/s1. The number of β-amino-alcohol motifs (C(OH)–C–C–N with tert-alkyl or cyclic N) is 1. The van der Waals surface area contributed by atoms with E-state index in [1.165, 1.54) is 25.7 Å². The Balaban J connectivity index is 1.44. The van der Waals surface area contributed by atoms with E-state index in [1.807, 2.05) is 4.90 Å². The van der Waals surface area contributed by atoms with Gasteiger partial charge in [0.25, 0.3) is 0 Å². The number of likely N-dealkylation sites (tertiary alicyclic amines) is 1. The third-order valence-electron chi connectivity index (χ3n) is 5.44. The number of hydrogen-bond donors (Lipinski definition) is 2. The van der Waals surface area contributed by atoms with Crippen molar-refractivity contribution in [2.45, 2.75) is 51.2 Å². The average molecular weight is 266 g/mol. The van der Waals surface area contributed by atoms with Crippen molar-refractivity contribution >= 4 is 5.91 Å². The molecule has 4 nitrogen and oxygen atoms in total. The van der Waals surface area contributed by atoms with Crippen LogP contribution in [0.1, 0.15) is 39.0 Å². The van der Waals surface area contributed by atoms with Crippen molar-refractivity contribution in [1.29, 1.82) is 0 Å². The number of rotatable bonds is 4. The Kier molecular flexibility index (Phi) is 3.81. The van der Waals surface area contributed by atoms with Gasteiger partial charge in [0.1, 0.15) is 0 Å². The minimum atomic E-state index is -0.240. The normalized spacial score (nSPS) is 39.7. The Morgan fingerprint density at radius 3 is 2.79 bits per heavy atom. The van der Waals surface area contributed by atoms with Crippen LogP contribution in [0.25, 0.3) is 0 Å². The van der Waals surface area contributed by atoms with Crippen molar-refractivity contribution in [2.75, 3.05) is 19.6 Å². The van der Waals surface area contributed by atoms with E-state index in [9.17, 15) is 9.90 Å². The summed E-state index contributed by atoms with van der Waals surface area (Å²) in [5, 5.41) is 12.7. The summed E-state index contributed by atoms with van der Waals surface area (Å²) in [6.45, 7) is 4.11. The highest BCUT2D eigenvalue weighted by Gasteiger charge is 2.42. The average Bonchev–Trinajstić information content (AvgIpc) is 3.05. The highest BCUT2D eigenvalue weighted by molar-refractivity contribution is 5.78. The minimum absolute atomic E-state index is 0.129. The molecule has 3 fully saturated rings. The maximum Gasteiger partial charge on any atom is 0.234 e. The molecule has 4 unspecified atom stereocenters. The number of nitrogens with zero attached hydrogens (tertiary/aromatic N) is 1. The van der Waals surface area contributed by atoms with Crippen LogP contribution in [-0.2, 0) is 4.79 Å². The summed E-state index contributed by atoms with van der Waals surface area (Å²) in [6, 6.07) is 0.315. The van der Waals surface area contributed by atoms with Crippen LogP contribution in [0.4, 0.5) is 0 Å². The second-order valence-corrected chi connectivity index (χ2v) is 6.87. The highest BCUT2D eigenvalue weighted by atomic mass is 16.3. The van der Waals surface area contributed by atoms with Crippen LogP contribution in [0.5, 0.6) is 0 Å². The molecule has 2 N–H and O–H groups in total. The maximum absolute atomic E-state index is 12.0. The Labute approximate surface area is 115 Å². The zero-order valence-corrected chi connectivity index (χ0v) is 11.8. The molecular formula is C15H26N2O2. The summed E-state index contributed by atoms with van der Waals surface area (Å²) < 4.78 is 0. The lowest BCUT2D eigenvalue weighted by Gasteiger charge is -2.29. The van der Waals surface area contributed by atoms with E-state index in [2.05, 4.69) is 12.2 Å². The molecule has 0 aromatic carbocycles. The fourth-order valence-corrected chi connectivity index (χ4v) is 4.47. The molecule has 3 aliphatic rings. The quantitative estimate of drug-likeness (QED) is 0.798. The van der Waals surface area contributed by atoms with Crippen molar-refractivity contribution in [1.82, 2.24) is 10.2 Å². The zero-order chi connectivity index (χ0) is 13.4. The molecule has 0 spiro atoms. The molecule has 4 heteroatoms. The molecule has 5 atom stereocenters. The molecule has 2 aliphatic carbocycles. The van der Waals surface area contributed by atoms with Gasteiger partial charge in [-0.15, -0.1) is 0 Å². The van der Waals surface area contributed by atoms with Gasteiger partial charge < -0.3 is 10.4 Å². The predicted molar refractivity (Wildman–Crippen MR) is 73.6 cm³/mol. The first-order valence-corrected chi connectivity index (χ1v) is 7.81. The van der Waals surface area contributed by atoms with Gasteiger partial charge >= 0.3 is 0 Å². The van der Waals surface area contributed by atoms with E-state index >= 15 is 0 Å². The number of amides is 1. The smallest absolute Gasteiger partial charge is 0.234 e. The van der Waals surface area contributed by atoms with Crippen LogP contribution in [0.3, 0.4) is 0 Å². The van der Waals surface area contributed by atoms with Crippen molar-refractivity contribution in [2.24, 2.45) is 17.8 Å². The van der Waals surface area contributed by atoms with Crippen molar-refractivity contribution in [3.8, 4) is 0 Å². The molecule has 108 valence electrons. The minimum Gasteiger partial charge on any atom is -0.392 e. The SMILES string of the molecule is CC(NC(=O)CN1CC[C@@H](O)C1)C1CC2CCC1C2. The van der Waals surface area contributed by atoms with Gasteiger partial charge in [-0.25, -0.2) is 0 Å². The van der Waals surface area contributed by atoms with E-state index in [0.29, 0.717) is 25.0 Å². The molecule has 0 aromatic heterocycles. The number of aliphatic hydroxyl groups is 1. The molecule has 1 amide bonds. The lowest BCUT2D eigenvalue weighted by Crippen LogP contribution is -2.44. The molecule has 1 saturated heterocycles. The summed E-state index contributed by atoms with van der Waals surface area (Å²) >= 11 is 0. The number of carbonyl (C=O) groups is 1. The molecule has 1 aliphatic heterocycles. The summed E-state index contributed by atoms with van der Waals surface area (Å²) in [7, 11) is 0. The Bertz CT molecular complexity index is 347. The Morgan fingerprint density at radius 2 is 2.21 bits per heavy atom. The fourth-order valence-electron chi connectivity index (χ4n) is 4.47. The number of hydrogen-bond acceptors (Lipinski definition) is 3. The van der Waals surface area contributed by atoms with Crippen LogP contribution in [0.2, 0.25) is 0 Å². The van der Waals surface area contributed by atoms with Crippen molar-refractivity contribution in [3.05, 3.63) is 0 Å². The highest BCUT2D eigenvalue weighted by Crippen LogP contribution is 2.49. The van der Waals surface area contributed by atoms with Gasteiger partial charge in [0.15, 0.2) is 0 Å². The summed E-state index contributed by atoms with van der Waals surface area (Å²) in [5.74, 6) is 2.62. The molecule has 0 aromatic rings. The Hall–Kier alpha value is -0.610. The van der Waals surface area contributed by atoms with Crippen LogP contribution >= 0.6 is 0 Å². The summed E-state index contributed by atoms with van der Waals surface area (Å²) in [4.78, 5) is 14.1. The first-order chi connectivity index (χ1) is 9.11. The number of nitrogens with one attached hydrogen (secondary N) is 1. The number of fused-ring (bicyclic) bond motifs is 2. The maximum atomic E-state index is 12.0. The van der Waals surface area contributed by atoms with Crippen molar-refractivity contribution in [3.63, 3.8) is 0 Å².